The van der Waals surface area contributed by atoms with Crippen molar-refractivity contribution in [1.82, 2.24) is 10.3 Å². The van der Waals surface area contributed by atoms with E-state index in [1.807, 2.05) is 0 Å². The lowest BCUT2D eigenvalue weighted by Crippen LogP contribution is -2.26. The summed E-state index contributed by atoms with van der Waals surface area (Å²) in [5.41, 5.74) is 0.789. The molecule has 0 fully saturated rings. The Morgan fingerprint density at radius 2 is 2.09 bits per heavy atom. The van der Waals surface area contributed by atoms with Gasteiger partial charge in [0.05, 0.1) is 6.26 Å². The van der Waals surface area contributed by atoms with Gasteiger partial charge in [-0.3, -0.25) is 4.79 Å². The Bertz CT molecular complexity index is 666. The summed E-state index contributed by atoms with van der Waals surface area (Å²) >= 11 is 0. The van der Waals surface area contributed by atoms with Gasteiger partial charge >= 0.3 is 5.97 Å². The fourth-order valence-corrected chi connectivity index (χ4v) is 1.84. The number of carbonyl (C=O) groups is 2. The van der Waals surface area contributed by atoms with Gasteiger partial charge in [-0.1, -0.05) is 6.07 Å². The van der Waals surface area contributed by atoms with E-state index in [0.29, 0.717) is 31.1 Å². The molecule has 0 radical (unpaired) electrons. The third-order valence-electron chi connectivity index (χ3n) is 2.98. The van der Waals surface area contributed by atoms with Crippen LogP contribution in [0.2, 0.25) is 0 Å². The Kier molecular flexibility index (Phi) is 5.13. The van der Waals surface area contributed by atoms with Crippen LogP contribution in [0.4, 0.5) is 5.82 Å². The molecule has 7 heteroatoms. The molecular weight excluding hydrogens is 286 g/mol. The van der Waals surface area contributed by atoms with Crippen molar-refractivity contribution in [2.45, 2.75) is 13.3 Å². The number of amides is 1. The van der Waals surface area contributed by atoms with Crippen LogP contribution in [0.25, 0.3) is 0 Å². The second-order valence-corrected chi connectivity index (χ2v) is 4.68. The van der Waals surface area contributed by atoms with Gasteiger partial charge < -0.3 is 20.2 Å². The van der Waals surface area contributed by atoms with E-state index in [-0.39, 0.29) is 11.6 Å². The van der Waals surface area contributed by atoms with Crippen molar-refractivity contribution < 1.29 is 19.1 Å². The van der Waals surface area contributed by atoms with Gasteiger partial charge in [0.2, 0.25) is 0 Å². The number of hydrogen-bond acceptors (Lipinski definition) is 5. The minimum Gasteiger partial charge on any atom is -0.477 e. The topological polar surface area (TPSA) is 104 Å². The third kappa shape index (κ3) is 4.08. The summed E-state index contributed by atoms with van der Waals surface area (Å²) in [5.74, 6) is -0.491. The lowest BCUT2D eigenvalue weighted by atomic mass is 10.2. The molecule has 2 heterocycles. The van der Waals surface area contributed by atoms with Gasteiger partial charge in [-0.25, -0.2) is 9.78 Å². The summed E-state index contributed by atoms with van der Waals surface area (Å²) < 4.78 is 5.09. The smallest absolute Gasteiger partial charge is 0.354 e. The van der Waals surface area contributed by atoms with Crippen LogP contribution in [0.3, 0.4) is 0 Å². The highest BCUT2D eigenvalue weighted by Crippen LogP contribution is 2.08. The maximum atomic E-state index is 11.8. The van der Waals surface area contributed by atoms with E-state index in [4.69, 9.17) is 9.52 Å². The first-order valence-electron chi connectivity index (χ1n) is 6.84. The van der Waals surface area contributed by atoms with E-state index < -0.39 is 5.97 Å². The standard InChI is InChI=1S/C15H17N3O4/c1-10-6-9-22-13(10)14(19)17-8-3-7-16-12-5-2-4-11(18-12)15(20)21/h2,4-6,9H,3,7-8H2,1H3,(H,16,18)(H,17,19)(H,20,21). The second-order valence-electron chi connectivity index (χ2n) is 4.68. The van der Waals surface area contributed by atoms with Crippen LogP contribution in [-0.2, 0) is 0 Å². The van der Waals surface area contributed by atoms with Crippen molar-refractivity contribution in [3.63, 3.8) is 0 Å². The van der Waals surface area contributed by atoms with Crippen molar-refractivity contribution in [3.8, 4) is 0 Å². The predicted molar refractivity (Wildman–Crippen MR) is 80.1 cm³/mol. The lowest BCUT2D eigenvalue weighted by Gasteiger charge is -2.07. The zero-order valence-electron chi connectivity index (χ0n) is 12.1. The van der Waals surface area contributed by atoms with Gasteiger partial charge in [-0.05, 0) is 31.5 Å². The number of nitrogens with zero attached hydrogens (tertiary/aromatic N) is 1. The number of aromatic nitrogens is 1. The van der Waals surface area contributed by atoms with E-state index in [9.17, 15) is 9.59 Å². The van der Waals surface area contributed by atoms with Crippen molar-refractivity contribution in [3.05, 3.63) is 47.5 Å². The minimum atomic E-state index is -1.07. The lowest BCUT2D eigenvalue weighted by molar-refractivity contribution is 0.0690. The van der Waals surface area contributed by atoms with Gasteiger partial charge in [0.1, 0.15) is 5.82 Å². The quantitative estimate of drug-likeness (QED) is 0.675. The van der Waals surface area contributed by atoms with Gasteiger partial charge in [0, 0.05) is 18.7 Å². The highest BCUT2D eigenvalue weighted by Gasteiger charge is 2.11. The molecule has 0 atom stereocenters. The molecule has 0 bridgehead atoms. The Hall–Kier alpha value is -2.83. The molecule has 0 saturated heterocycles. The zero-order valence-corrected chi connectivity index (χ0v) is 12.1. The fourth-order valence-electron chi connectivity index (χ4n) is 1.84. The van der Waals surface area contributed by atoms with Crippen LogP contribution in [0, 0.1) is 6.92 Å². The molecule has 22 heavy (non-hydrogen) atoms. The number of carboxylic acid groups (broad SMARTS) is 1. The summed E-state index contributed by atoms with van der Waals surface area (Å²) in [6.45, 7) is 2.85. The van der Waals surface area contributed by atoms with Gasteiger partial charge in [0.25, 0.3) is 5.91 Å². The van der Waals surface area contributed by atoms with E-state index in [0.717, 1.165) is 5.56 Å². The third-order valence-corrected chi connectivity index (χ3v) is 2.98. The Morgan fingerprint density at radius 1 is 1.27 bits per heavy atom. The summed E-state index contributed by atoms with van der Waals surface area (Å²) in [6.07, 6.45) is 2.15. The molecule has 0 aliphatic heterocycles. The van der Waals surface area contributed by atoms with E-state index in [1.54, 1.807) is 25.1 Å². The zero-order chi connectivity index (χ0) is 15.9. The highest BCUT2D eigenvalue weighted by molar-refractivity contribution is 5.92. The van der Waals surface area contributed by atoms with Crippen LogP contribution in [0.5, 0.6) is 0 Å². The van der Waals surface area contributed by atoms with E-state index >= 15 is 0 Å². The average molecular weight is 303 g/mol. The van der Waals surface area contributed by atoms with Crippen LogP contribution < -0.4 is 10.6 Å². The molecule has 0 aromatic carbocycles. The number of carboxylic acids is 1. The number of rotatable bonds is 7. The number of furan rings is 1. The first-order valence-corrected chi connectivity index (χ1v) is 6.84. The van der Waals surface area contributed by atoms with Crippen molar-refractivity contribution in [1.29, 1.82) is 0 Å². The van der Waals surface area contributed by atoms with Gasteiger partial charge in [-0.15, -0.1) is 0 Å². The molecule has 0 saturated carbocycles. The molecule has 0 aliphatic rings. The van der Waals surface area contributed by atoms with E-state index in [1.165, 1.54) is 12.3 Å². The van der Waals surface area contributed by atoms with Crippen LogP contribution in [0.1, 0.15) is 33.0 Å². The van der Waals surface area contributed by atoms with Crippen LogP contribution >= 0.6 is 0 Å². The molecule has 7 nitrogen and oxygen atoms in total. The molecule has 0 unspecified atom stereocenters. The number of aryl methyl sites for hydroxylation is 1. The molecular formula is C15H17N3O4. The number of anilines is 1. The number of hydrogen-bond donors (Lipinski definition) is 3. The minimum absolute atomic E-state index is 0.00778. The predicted octanol–water partition coefficient (Wildman–Crippen LogP) is 1.91. The van der Waals surface area contributed by atoms with Crippen molar-refractivity contribution in [2.24, 2.45) is 0 Å². The summed E-state index contributed by atoms with van der Waals surface area (Å²) in [7, 11) is 0. The number of aromatic carboxylic acids is 1. The van der Waals surface area contributed by atoms with Crippen LogP contribution in [-0.4, -0.2) is 35.1 Å². The second kappa shape index (κ2) is 7.26. The molecule has 2 aromatic rings. The monoisotopic (exact) mass is 303 g/mol. The Labute approximate surface area is 127 Å². The van der Waals surface area contributed by atoms with E-state index in [2.05, 4.69) is 15.6 Å². The normalized spacial score (nSPS) is 10.2. The van der Waals surface area contributed by atoms with Crippen LogP contribution in [0.15, 0.2) is 34.9 Å². The van der Waals surface area contributed by atoms with Crippen molar-refractivity contribution in [2.75, 3.05) is 18.4 Å². The van der Waals surface area contributed by atoms with Gasteiger partial charge in [0.15, 0.2) is 11.5 Å². The first kappa shape index (κ1) is 15.6. The molecule has 3 N–H and O–H groups in total. The highest BCUT2D eigenvalue weighted by atomic mass is 16.4. The molecule has 2 aromatic heterocycles. The molecule has 0 spiro atoms. The number of nitrogens with one attached hydrogen (secondary N) is 2. The largest absolute Gasteiger partial charge is 0.477 e. The summed E-state index contributed by atoms with van der Waals surface area (Å²) in [5, 5.41) is 14.6. The Morgan fingerprint density at radius 3 is 2.77 bits per heavy atom. The van der Waals surface area contributed by atoms with Crippen molar-refractivity contribution >= 4 is 17.7 Å². The fraction of sp³-hybridized carbons (Fsp3) is 0.267. The maximum absolute atomic E-state index is 11.8. The maximum Gasteiger partial charge on any atom is 0.354 e. The number of carbonyl (C=O) groups excluding carboxylic acids is 1. The average Bonchev–Trinajstić information content (AvgIpc) is 2.93. The number of pyridine rings is 1. The summed E-state index contributed by atoms with van der Waals surface area (Å²) in [6, 6.07) is 6.48. The van der Waals surface area contributed by atoms with Gasteiger partial charge in [-0.2, -0.15) is 0 Å². The molecule has 0 aliphatic carbocycles. The molecule has 2 rings (SSSR count). The summed E-state index contributed by atoms with van der Waals surface area (Å²) in [4.78, 5) is 26.5. The first-order chi connectivity index (χ1) is 10.6. The molecule has 116 valence electrons. The molecule has 1 amide bonds. The Balaban J connectivity index is 1.71. The SMILES string of the molecule is Cc1ccoc1C(=O)NCCCNc1cccc(C(=O)O)n1.